The van der Waals surface area contributed by atoms with Crippen molar-refractivity contribution in [1.29, 1.82) is 0 Å². The highest BCUT2D eigenvalue weighted by Crippen LogP contribution is 2.32. The zero-order valence-corrected chi connectivity index (χ0v) is 27.6. The quantitative estimate of drug-likeness (QED) is 0.104. The highest BCUT2D eigenvalue weighted by molar-refractivity contribution is 8.00. The second-order valence-electron chi connectivity index (χ2n) is 10.6. The van der Waals surface area contributed by atoms with Crippen LogP contribution in [-0.4, -0.2) is 37.2 Å². The molecule has 1 unspecified atom stereocenters. The van der Waals surface area contributed by atoms with Gasteiger partial charge in [0.2, 0.25) is 5.91 Å². The van der Waals surface area contributed by atoms with Crippen molar-refractivity contribution in [2.75, 3.05) is 24.4 Å². The van der Waals surface area contributed by atoms with Crippen molar-refractivity contribution in [2.45, 2.75) is 17.1 Å². The van der Waals surface area contributed by atoms with Crippen molar-refractivity contribution in [3.05, 3.63) is 150 Å². The van der Waals surface area contributed by atoms with Crippen molar-refractivity contribution in [3.63, 3.8) is 0 Å². The van der Waals surface area contributed by atoms with Crippen LogP contribution in [0, 0.1) is 0 Å². The Balaban J connectivity index is 1.38. The number of nitrogens with one attached hydrogen (secondary N) is 2. The summed E-state index contributed by atoms with van der Waals surface area (Å²) in [7, 11) is 3.07. The first-order valence-corrected chi connectivity index (χ1v) is 16.1. The minimum Gasteiger partial charge on any atom is -0.497 e. The third-order valence-corrected chi connectivity index (χ3v) is 8.35. The van der Waals surface area contributed by atoms with Crippen LogP contribution in [0.3, 0.4) is 0 Å². The average Bonchev–Trinajstić information content (AvgIpc) is 3.12. The molecule has 1 atom stereocenters. The fourth-order valence-electron chi connectivity index (χ4n) is 4.89. The van der Waals surface area contributed by atoms with Gasteiger partial charge < -0.3 is 20.1 Å². The summed E-state index contributed by atoms with van der Waals surface area (Å²) in [5.74, 6) is -0.0330. The Kier molecular flexibility index (Phi) is 11.3. The summed E-state index contributed by atoms with van der Waals surface area (Å²) in [5.41, 5.74) is 2.96. The summed E-state index contributed by atoms with van der Waals surface area (Å²) in [5, 5.41) is 5.19. The number of carbonyl (C=O) groups is 3. The van der Waals surface area contributed by atoms with Gasteiger partial charge in [-0.1, -0.05) is 60.7 Å². The maximum absolute atomic E-state index is 13.9. The van der Waals surface area contributed by atoms with Gasteiger partial charge in [0.15, 0.2) is 0 Å². The lowest BCUT2D eigenvalue weighted by atomic mass is 10.1. The molecule has 3 amide bonds. The molecule has 8 nitrogen and oxygen atoms in total. The maximum Gasteiger partial charge on any atom is 0.272 e. The lowest BCUT2D eigenvalue weighted by Gasteiger charge is -2.26. The largest absolute Gasteiger partial charge is 0.497 e. The number of methoxy groups -OCH3 is 2. The molecule has 0 spiro atoms. The standard InChI is InChI=1S/C39H35N3O5S/c1-27(39(45)42(31-17-9-5-10-18-31)32-19-11-6-12-20-32)48-34-21-13-16-30(26-34)40-38(44)35(41-37(43)28-14-7-4-8-15-28)25-29-24-33(46-2)22-23-36(29)47-3/h4-27H,1-3H3,(H,40,44)(H,41,43)/b35-25+. The highest BCUT2D eigenvalue weighted by Gasteiger charge is 2.25. The Morgan fingerprint density at radius 1 is 0.729 bits per heavy atom. The molecule has 5 rings (SSSR count). The number of anilines is 3. The summed E-state index contributed by atoms with van der Waals surface area (Å²) >= 11 is 1.38. The van der Waals surface area contributed by atoms with Crippen LogP contribution in [0.5, 0.6) is 11.5 Å². The second kappa shape index (κ2) is 16.2. The Labute approximate surface area is 284 Å². The molecule has 0 saturated heterocycles. The first-order valence-electron chi connectivity index (χ1n) is 15.2. The van der Waals surface area contributed by atoms with E-state index in [0.717, 1.165) is 16.3 Å². The third-order valence-electron chi connectivity index (χ3n) is 7.27. The molecule has 0 aromatic heterocycles. The second-order valence-corrected chi connectivity index (χ2v) is 12.0. The molecular formula is C39H35N3O5S. The number of ether oxygens (including phenoxy) is 2. The minimum atomic E-state index is -0.547. The number of para-hydroxylation sites is 2. The van der Waals surface area contributed by atoms with Crippen molar-refractivity contribution in [1.82, 2.24) is 5.32 Å². The first kappa shape index (κ1) is 33.6. The molecular weight excluding hydrogens is 623 g/mol. The zero-order valence-electron chi connectivity index (χ0n) is 26.8. The van der Waals surface area contributed by atoms with Crippen LogP contribution in [-0.2, 0) is 9.59 Å². The fourth-order valence-corrected chi connectivity index (χ4v) is 5.86. The molecule has 5 aromatic rings. The molecule has 0 heterocycles. The lowest BCUT2D eigenvalue weighted by molar-refractivity contribution is -0.117. The number of thioether (sulfide) groups is 1. The fraction of sp³-hybridized carbons (Fsp3) is 0.103. The predicted molar refractivity (Wildman–Crippen MR) is 192 cm³/mol. The SMILES string of the molecule is COc1ccc(OC)c(/C=C(/NC(=O)c2ccccc2)C(=O)Nc2cccc(SC(C)C(=O)N(c3ccccc3)c3ccccc3)c2)c1. The van der Waals surface area contributed by atoms with E-state index in [1.54, 1.807) is 78.7 Å². The number of carbonyl (C=O) groups excluding carboxylic acids is 3. The zero-order chi connectivity index (χ0) is 33.9. The molecule has 0 radical (unpaired) electrons. The van der Waals surface area contributed by atoms with Crippen LogP contribution < -0.4 is 25.0 Å². The van der Waals surface area contributed by atoms with Crippen LogP contribution >= 0.6 is 11.8 Å². The van der Waals surface area contributed by atoms with Crippen LogP contribution in [0.2, 0.25) is 0 Å². The molecule has 242 valence electrons. The van der Waals surface area contributed by atoms with Gasteiger partial charge in [-0.3, -0.25) is 19.3 Å². The van der Waals surface area contributed by atoms with E-state index < -0.39 is 17.1 Å². The molecule has 2 N–H and O–H groups in total. The van der Waals surface area contributed by atoms with E-state index in [1.165, 1.54) is 18.9 Å². The average molecular weight is 658 g/mol. The number of rotatable bonds is 12. The molecule has 9 heteroatoms. The first-order chi connectivity index (χ1) is 23.4. The number of hydrogen-bond acceptors (Lipinski definition) is 6. The Morgan fingerprint density at radius 3 is 1.96 bits per heavy atom. The highest BCUT2D eigenvalue weighted by atomic mass is 32.2. The van der Waals surface area contributed by atoms with Gasteiger partial charge in [0.1, 0.15) is 17.2 Å². The monoisotopic (exact) mass is 657 g/mol. The number of hydrogen-bond donors (Lipinski definition) is 2. The molecule has 0 bridgehead atoms. The van der Waals surface area contributed by atoms with Gasteiger partial charge in [0, 0.05) is 33.1 Å². The van der Waals surface area contributed by atoms with Gasteiger partial charge in [-0.25, -0.2) is 0 Å². The lowest BCUT2D eigenvalue weighted by Crippen LogP contribution is -2.32. The molecule has 0 aliphatic heterocycles. The van der Waals surface area contributed by atoms with E-state index in [4.69, 9.17) is 9.47 Å². The van der Waals surface area contributed by atoms with Crippen molar-refractivity contribution >= 4 is 52.6 Å². The van der Waals surface area contributed by atoms with Crippen molar-refractivity contribution in [3.8, 4) is 11.5 Å². The molecule has 5 aromatic carbocycles. The summed E-state index contributed by atoms with van der Waals surface area (Å²) in [4.78, 5) is 43.3. The minimum absolute atomic E-state index is 0.00151. The summed E-state index contributed by atoms with van der Waals surface area (Å²) in [6.07, 6.45) is 1.54. The third kappa shape index (κ3) is 8.51. The normalized spacial score (nSPS) is 11.6. The number of nitrogens with zero attached hydrogens (tertiary/aromatic N) is 1. The van der Waals surface area contributed by atoms with E-state index in [-0.39, 0.29) is 11.6 Å². The summed E-state index contributed by atoms with van der Waals surface area (Å²) < 4.78 is 10.9. The molecule has 48 heavy (non-hydrogen) atoms. The Morgan fingerprint density at radius 2 is 1.35 bits per heavy atom. The smallest absolute Gasteiger partial charge is 0.272 e. The van der Waals surface area contributed by atoms with Crippen LogP contribution in [0.25, 0.3) is 6.08 Å². The van der Waals surface area contributed by atoms with Gasteiger partial charge >= 0.3 is 0 Å². The molecule has 0 saturated carbocycles. The van der Waals surface area contributed by atoms with Crippen LogP contribution in [0.15, 0.2) is 144 Å². The predicted octanol–water partition coefficient (Wildman–Crippen LogP) is 7.96. The van der Waals surface area contributed by atoms with Crippen molar-refractivity contribution < 1.29 is 23.9 Å². The van der Waals surface area contributed by atoms with E-state index in [0.29, 0.717) is 28.3 Å². The number of amides is 3. The van der Waals surface area contributed by atoms with Crippen LogP contribution in [0.4, 0.5) is 17.1 Å². The molecule has 0 aliphatic rings. The van der Waals surface area contributed by atoms with Gasteiger partial charge in [-0.05, 0) is 85.8 Å². The van der Waals surface area contributed by atoms with E-state index in [9.17, 15) is 14.4 Å². The van der Waals surface area contributed by atoms with E-state index >= 15 is 0 Å². The Bertz CT molecular complexity index is 1860. The van der Waals surface area contributed by atoms with Gasteiger partial charge in [0.25, 0.3) is 11.8 Å². The molecule has 0 fully saturated rings. The molecule has 0 aliphatic carbocycles. The topological polar surface area (TPSA) is 97.0 Å². The van der Waals surface area contributed by atoms with Gasteiger partial charge in [-0.2, -0.15) is 0 Å². The summed E-state index contributed by atoms with van der Waals surface area (Å²) in [6, 6.07) is 40.1. The van der Waals surface area contributed by atoms with Gasteiger partial charge in [0.05, 0.1) is 19.5 Å². The van der Waals surface area contributed by atoms with Crippen molar-refractivity contribution in [2.24, 2.45) is 0 Å². The van der Waals surface area contributed by atoms with E-state index in [1.807, 2.05) is 79.7 Å². The van der Waals surface area contributed by atoms with Crippen LogP contribution in [0.1, 0.15) is 22.8 Å². The summed E-state index contributed by atoms with van der Waals surface area (Å²) in [6.45, 7) is 1.86. The number of benzene rings is 5. The Hall–Kier alpha value is -5.80. The van der Waals surface area contributed by atoms with Gasteiger partial charge in [-0.15, -0.1) is 11.8 Å². The maximum atomic E-state index is 13.9. The van der Waals surface area contributed by atoms with E-state index in [2.05, 4.69) is 10.6 Å².